The molecule has 0 heterocycles. The molecule has 0 saturated heterocycles. The summed E-state index contributed by atoms with van der Waals surface area (Å²) in [6, 6.07) is -0.128. The van der Waals surface area contributed by atoms with Crippen LogP contribution in [0.15, 0.2) is 9.98 Å². The van der Waals surface area contributed by atoms with Gasteiger partial charge in [0.05, 0.1) is 11.8 Å². The van der Waals surface area contributed by atoms with E-state index in [0.29, 0.717) is 6.42 Å². The number of aliphatic imine (C=N–C) groups is 2. The van der Waals surface area contributed by atoms with Crippen molar-refractivity contribution in [3.05, 3.63) is 0 Å². The van der Waals surface area contributed by atoms with Crippen LogP contribution in [-0.2, 0) is 19.6 Å². The molecule has 1 rings (SSSR count). The summed E-state index contributed by atoms with van der Waals surface area (Å²) in [5.74, 6) is -0.461. The minimum Gasteiger partial charge on any atom is -0.600 e. The molecule has 2 atom stereocenters. The Balaban J connectivity index is 0.00000576. The molecule has 138 valence electrons. The number of nitrogens with zero attached hydrogens (tertiary/aromatic N) is 2. The SMILES string of the molecule is CC1(C)CC(N=C=O)CC(C)(CN=C([O-])OCCCS(=O)(=O)O)C1.[Na+]. The van der Waals surface area contributed by atoms with Crippen LogP contribution in [0.2, 0.25) is 0 Å². The van der Waals surface area contributed by atoms with Gasteiger partial charge in [-0.1, -0.05) is 20.8 Å². The predicted octanol–water partition coefficient (Wildman–Crippen LogP) is -2.08. The number of ether oxygens (including phenoxy) is 1. The average molecular weight is 384 g/mol. The fourth-order valence-corrected chi connectivity index (χ4v) is 4.05. The van der Waals surface area contributed by atoms with Gasteiger partial charge in [0.15, 0.2) is 0 Å². The van der Waals surface area contributed by atoms with Gasteiger partial charge >= 0.3 is 29.6 Å². The summed E-state index contributed by atoms with van der Waals surface area (Å²) in [7, 11) is -4.05. The van der Waals surface area contributed by atoms with Crippen LogP contribution >= 0.6 is 0 Å². The summed E-state index contributed by atoms with van der Waals surface area (Å²) in [6.45, 7) is 6.30. The zero-order valence-corrected chi connectivity index (χ0v) is 18.1. The maximum Gasteiger partial charge on any atom is 1.00 e. The fraction of sp³-hybridized carbons (Fsp3) is 0.867. The molecule has 0 aromatic carbocycles. The van der Waals surface area contributed by atoms with Crippen molar-refractivity contribution in [2.75, 3.05) is 18.9 Å². The molecule has 0 aliphatic heterocycles. The Kier molecular flexibility index (Phi) is 9.86. The first-order chi connectivity index (χ1) is 10.9. The second-order valence-corrected chi connectivity index (χ2v) is 9.08. The van der Waals surface area contributed by atoms with Gasteiger partial charge in [-0.2, -0.15) is 8.42 Å². The number of carbonyl (C=O) groups excluding carboxylic acids is 1. The number of isocyanates is 1. The molecule has 10 heteroatoms. The Morgan fingerprint density at radius 1 is 1.36 bits per heavy atom. The summed E-state index contributed by atoms with van der Waals surface area (Å²) >= 11 is 0. The molecule has 0 spiro atoms. The third kappa shape index (κ3) is 10.3. The Hall–Kier alpha value is -0.440. The van der Waals surface area contributed by atoms with E-state index in [1.807, 2.05) is 6.92 Å². The van der Waals surface area contributed by atoms with Crippen molar-refractivity contribution in [2.24, 2.45) is 20.8 Å². The summed E-state index contributed by atoms with van der Waals surface area (Å²) in [5.41, 5.74) is -0.298. The van der Waals surface area contributed by atoms with Gasteiger partial charge in [0.2, 0.25) is 6.08 Å². The van der Waals surface area contributed by atoms with Crippen LogP contribution in [0.4, 0.5) is 0 Å². The van der Waals surface area contributed by atoms with E-state index in [0.717, 1.165) is 12.8 Å². The molecule has 1 aliphatic carbocycles. The predicted molar refractivity (Wildman–Crippen MR) is 86.9 cm³/mol. The minimum atomic E-state index is -4.05. The first-order valence-corrected chi connectivity index (χ1v) is 9.42. The molecule has 0 bridgehead atoms. The maximum atomic E-state index is 11.6. The summed E-state index contributed by atoms with van der Waals surface area (Å²) < 4.78 is 34.5. The number of rotatable bonds is 7. The Morgan fingerprint density at radius 3 is 2.56 bits per heavy atom. The first-order valence-electron chi connectivity index (χ1n) is 7.81. The Morgan fingerprint density at radius 2 is 2.00 bits per heavy atom. The van der Waals surface area contributed by atoms with Gasteiger partial charge in [0.25, 0.3) is 10.1 Å². The quantitative estimate of drug-likeness (QED) is 0.134. The topological polar surface area (TPSA) is 128 Å². The molecule has 0 radical (unpaired) electrons. The van der Waals surface area contributed by atoms with Crippen molar-refractivity contribution in [1.82, 2.24) is 0 Å². The van der Waals surface area contributed by atoms with Gasteiger partial charge in [-0.15, -0.1) is 0 Å². The van der Waals surface area contributed by atoms with Gasteiger partial charge in [-0.25, -0.2) is 9.79 Å². The molecule has 1 fully saturated rings. The average Bonchev–Trinajstić information content (AvgIpc) is 2.38. The van der Waals surface area contributed by atoms with Crippen LogP contribution in [0, 0.1) is 10.8 Å². The third-order valence-electron chi connectivity index (χ3n) is 4.02. The third-order valence-corrected chi connectivity index (χ3v) is 4.82. The van der Waals surface area contributed by atoms with Crippen molar-refractivity contribution in [3.8, 4) is 0 Å². The largest absolute Gasteiger partial charge is 1.00 e. The summed E-state index contributed by atoms with van der Waals surface area (Å²) in [5, 5.41) is 11.6. The molecular weight excluding hydrogens is 359 g/mol. The van der Waals surface area contributed by atoms with E-state index in [9.17, 15) is 18.3 Å². The summed E-state index contributed by atoms with van der Waals surface area (Å²) in [4.78, 5) is 18.3. The van der Waals surface area contributed by atoms with E-state index in [-0.39, 0.29) is 66.0 Å². The van der Waals surface area contributed by atoms with Crippen molar-refractivity contribution in [2.45, 2.75) is 52.5 Å². The van der Waals surface area contributed by atoms with Crippen LogP contribution in [-0.4, -0.2) is 50.1 Å². The fourth-order valence-electron chi connectivity index (χ4n) is 3.57. The van der Waals surface area contributed by atoms with Crippen LogP contribution < -0.4 is 34.7 Å². The molecular formula is C15H25N2NaO6S. The number of hydrogen-bond donors (Lipinski definition) is 1. The second-order valence-electron chi connectivity index (χ2n) is 7.50. The van der Waals surface area contributed by atoms with E-state index >= 15 is 0 Å². The van der Waals surface area contributed by atoms with E-state index in [1.54, 1.807) is 6.08 Å². The zero-order chi connectivity index (χ0) is 18.4. The van der Waals surface area contributed by atoms with Crippen LogP contribution in [0.25, 0.3) is 0 Å². The zero-order valence-electron chi connectivity index (χ0n) is 15.3. The molecule has 2 unspecified atom stereocenters. The maximum absolute atomic E-state index is 11.6. The van der Waals surface area contributed by atoms with Crippen LogP contribution in [0.1, 0.15) is 46.5 Å². The van der Waals surface area contributed by atoms with E-state index in [4.69, 9.17) is 9.29 Å². The molecule has 1 aliphatic rings. The molecule has 8 nitrogen and oxygen atoms in total. The Labute approximate surface area is 171 Å². The molecule has 0 amide bonds. The van der Waals surface area contributed by atoms with Gasteiger partial charge in [-0.05, 0) is 43.1 Å². The van der Waals surface area contributed by atoms with E-state index in [1.165, 1.54) is 0 Å². The van der Waals surface area contributed by atoms with E-state index in [2.05, 4.69) is 23.8 Å². The standard InChI is InChI=1S/C15H26N2O6S.Na/c1-14(2)7-12(17-11-18)8-15(3,9-14)10-16-13(19)23-5-4-6-24(20,21)22;/h12H,4-10H2,1-3H3,(H,16,19)(H,20,21,22);/q;+1/p-1. The van der Waals surface area contributed by atoms with Gasteiger partial charge < -0.3 is 9.84 Å². The van der Waals surface area contributed by atoms with E-state index < -0.39 is 22.0 Å². The van der Waals surface area contributed by atoms with Crippen molar-refractivity contribution < 1.29 is 57.2 Å². The van der Waals surface area contributed by atoms with Gasteiger partial charge in [-0.3, -0.25) is 9.55 Å². The normalized spacial score (nSPS) is 26.2. The minimum absolute atomic E-state index is 0. The first kappa shape index (κ1) is 24.6. The summed E-state index contributed by atoms with van der Waals surface area (Å²) in [6.07, 6.45) is 3.13. The molecule has 1 N–H and O–H groups in total. The molecule has 25 heavy (non-hydrogen) atoms. The molecule has 0 aromatic rings. The second kappa shape index (κ2) is 10.0. The smallest absolute Gasteiger partial charge is 0.600 e. The molecule has 0 aromatic heterocycles. The Bertz CT molecular complexity index is 616. The van der Waals surface area contributed by atoms with Crippen LogP contribution in [0.3, 0.4) is 0 Å². The van der Waals surface area contributed by atoms with Crippen LogP contribution in [0.5, 0.6) is 0 Å². The monoisotopic (exact) mass is 384 g/mol. The number of hydrogen-bond acceptors (Lipinski definition) is 7. The molecule has 1 saturated carbocycles. The van der Waals surface area contributed by atoms with Crippen molar-refractivity contribution in [1.29, 1.82) is 0 Å². The van der Waals surface area contributed by atoms with Gasteiger partial charge in [0.1, 0.15) is 6.08 Å². The van der Waals surface area contributed by atoms with Crippen molar-refractivity contribution in [3.63, 3.8) is 0 Å². The van der Waals surface area contributed by atoms with Gasteiger partial charge in [0, 0.05) is 6.54 Å². The van der Waals surface area contributed by atoms with Crippen molar-refractivity contribution >= 4 is 22.3 Å².